The summed E-state index contributed by atoms with van der Waals surface area (Å²) < 4.78 is 14.8. The third kappa shape index (κ3) is 3.64. The second kappa shape index (κ2) is 7.57. The van der Waals surface area contributed by atoms with Crippen LogP contribution in [0.4, 0.5) is 4.39 Å². The maximum Gasteiger partial charge on any atom is 0.254 e. The number of halogens is 1. The number of nitrogens with zero attached hydrogens (tertiary/aromatic N) is 2. The van der Waals surface area contributed by atoms with Crippen molar-refractivity contribution in [2.75, 3.05) is 19.6 Å². The van der Waals surface area contributed by atoms with Gasteiger partial charge >= 0.3 is 0 Å². The zero-order chi connectivity index (χ0) is 16.9. The fraction of sp³-hybridized carbons (Fsp3) is 0.444. The Labute approximate surface area is 141 Å². The highest BCUT2D eigenvalue weighted by Crippen LogP contribution is 2.17. The minimum atomic E-state index is -0.289. The highest BCUT2D eigenvalue weighted by Gasteiger charge is 2.19. The van der Waals surface area contributed by atoms with Crippen molar-refractivity contribution in [2.24, 2.45) is 5.92 Å². The van der Waals surface area contributed by atoms with Gasteiger partial charge in [-0.25, -0.2) is 9.07 Å². The largest absolute Gasteiger partial charge is 0.352 e. The molecule has 128 valence electrons. The number of aromatic nitrogens is 2. The lowest BCUT2D eigenvalue weighted by Gasteiger charge is -2.22. The van der Waals surface area contributed by atoms with E-state index in [1.54, 1.807) is 23.0 Å². The van der Waals surface area contributed by atoms with Crippen molar-refractivity contribution in [2.45, 2.75) is 26.2 Å². The maximum absolute atomic E-state index is 13.1. The van der Waals surface area contributed by atoms with Gasteiger partial charge in [0.15, 0.2) is 0 Å². The highest BCUT2D eigenvalue weighted by molar-refractivity contribution is 5.95. The second-order valence-electron chi connectivity index (χ2n) is 6.17. The molecule has 3 rings (SSSR count). The van der Waals surface area contributed by atoms with Crippen LogP contribution in [0.5, 0.6) is 0 Å². The fourth-order valence-corrected chi connectivity index (χ4v) is 3.14. The van der Waals surface area contributed by atoms with E-state index < -0.39 is 0 Å². The topological polar surface area (TPSA) is 59.0 Å². The van der Waals surface area contributed by atoms with Gasteiger partial charge in [0.05, 0.1) is 23.1 Å². The number of rotatable bonds is 5. The highest BCUT2D eigenvalue weighted by atomic mass is 19.1. The molecule has 1 aromatic heterocycles. The lowest BCUT2D eigenvalue weighted by atomic mass is 9.99. The Morgan fingerprint density at radius 3 is 2.88 bits per heavy atom. The Bertz CT molecular complexity index is 690. The molecule has 2 N–H and O–H groups in total. The Morgan fingerprint density at radius 1 is 1.42 bits per heavy atom. The molecular weight excluding hydrogens is 307 g/mol. The summed E-state index contributed by atoms with van der Waals surface area (Å²) in [6.07, 6.45) is 4.56. The second-order valence-corrected chi connectivity index (χ2v) is 6.17. The van der Waals surface area contributed by atoms with Gasteiger partial charge < -0.3 is 10.6 Å². The molecule has 0 aliphatic carbocycles. The van der Waals surface area contributed by atoms with Crippen LogP contribution < -0.4 is 10.6 Å². The van der Waals surface area contributed by atoms with Crippen molar-refractivity contribution in [3.63, 3.8) is 0 Å². The van der Waals surface area contributed by atoms with E-state index in [0.29, 0.717) is 24.4 Å². The summed E-state index contributed by atoms with van der Waals surface area (Å²) in [4.78, 5) is 12.5. The van der Waals surface area contributed by atoms with Crippen LogP contribution >= 0.6 is 0 Å². The lowest BCUT2D eigenvalue weighted by molar-refractivity contribution is 0.0944. The predicted molar refractivity (Wildman–Crippen MR) is 90.8 cm³/mol. The van der Waals surface area contributed by atoms with Gasteiger partial charge in [0, 0.05) is 6.54 Å². The van der Waals surface area contributed by atoms with Crippen molar-refractivity contribution in [1.82, 2.24) is 20.4 Å². The summed E-state index contributed by atoms with van der Waals surface area (Å²) in [6.45, 7) is 4.68. The number of carbonyl (C=O) groups excluding carboxylic acids is 1. The zero-order valence-electron chi connectivity index (χ0n) is 13.9. The van der Waals surface area contributed by atoms with Gasteiger partial charge in [0.25, 0.3) is 5.91 Å². The number of hydrogen-bond donors (Lipinski definition) is 2. The van der Waals surface area contributed by atoms with Gasteiger partial charge in [-0.2, -0.15) is 5.10 Å². The van der Waals surface area contributed by atoms with Crippen molar-refractivity contribution in [1.29, 1.82) is 0 Å². The van der Waals surface area contributed by atoms with Crippen molar-refractivity contribution < 1.29 is 9.18 Å². The standard InChI is InChI=1S/C18H23FN4O/c1-2-17-16(18(24)21-11-13-4-3-9-20-10-13)12-22-23(17)15-7-5-14(19)6-8-15/h5-8,12-13,20H,2-4,9-11H2,1H3,(H,21,24). The number of benzene rings is 1. The number of piperidine rings is 1. The Morgan fingerprint density at radius 2 is 2.21 bits per heavy atom. The van der Waals surface area contributed by atoms with Gasteiger partial charge in [-0.05, 0) is 62.5 Å². The van der Waals surface area contributed by atoms with E-state index >= 15 is 0 Å². The summed E-state index contributed by atoms with van der Waals surface area (Å²) in [6, 6.07) is 6.12. The summed E-state index contributed by atoms with van der Waals surface area (Å²) in [5, 5.41) is 10.7. The molecule has 1 fully saturated rings. The summed E-state index contributed by atoms with van der Waals surface area (Å²) in [5.41, 5.74) is 2.18. The van der Waals surface area contributed by atoms with Gasteiger partial charge in [0.1, 0.15) is 5.82 Å². The van der Waals surface area contributed by atoms with E-state index in [1.807, 2.05) is 6.92 Å². The molecule has 0 bridgehead atoms. The smallest absolute Gasteiger partial charge is 0.254 e. The molecule has 0 saturated carbocycles. The number of amides is 1. The molecule has 1 unspecified atom stereocenters. The Hall–Kier alpha value is -2.21. The number of hydrogen-bond acceptors (Lipinski definition) is 3. The summed E-state index contributed by atoms with van der Waals surface area (Å²) in [7, 11) is 0. The number of carbonyl (C=O) groups is 1. The normalized spacial score (nSPS) is 17.7. The molecular formula is C18H23FN4O. The van der Waals surface area contributed by atoms with Crippen LogP contribution in [0.1, 0.15) is 35.8 Å². The molecule has 1 amide bonds. The van der Waals surface area contributed by atoms with Gasteiger partial charge in [-0.15, -0.1) is 0 Å². The fourth-order valence-electron chi connectivity index (χ4n) is 3.14. The van der Waals surface area contributed by atoms with Gasteiger partial charge in [-0.1, -0.05) is 6.92 Å². The summed E-state index contributed by atoms with van der Waals surface area (Å²) >= 11 is 0. The van der Waals surface area contributed by atoms with E-state index in [-0.39, 0.29) is 11.7 Å². The van der Waals surface area contributed by atoms with Gasteiger partial charge in [0.2, 0.25) is 0 Å². The van der Waals surface area contributed by atoms with Crippen molar-refractivity contribution in [3.8, 4) is 5.69 Å². The lowest BCUT2D eigenvalue weighted by Crippen LogP contribution is -2.38. The predicted octanol–water partition coefficient (Wildman–Crippen LogP) is 2.30. The molecule has 1 saturated heterocycles. The SMILES string of the molecule is CCc1c(C(=O)NCC2CCCNC2)cnn1-c1ccc(F)cc1. The third-order valence-corrected chi connectivity index (χ3v) is 4.47. The maximum atomic E-state index is 13.1. The molecule has 1 aromatic carbocycles. The molecule has 6 heteroatoms. The van der Waals surface area contributed by atoms with Gasteiger partial charge in [-0.3, -0.25) is 4.79 Å². The van der Waals surface area contributed by atoms with Crippen LogP contribution in [0, 0.1) is 11.7 Å². The monoisotopic (exact) mass is 330 g/mol. The van der Waals surface area contributed by atoms with Crippen LogP contribution in [0.25, 0.3) is 5.69 Å². The molecule has 0 spiro atoms. The van der Waals surface area contributed by atoms with Crippen LogP contribution in [-0.4, -0.2) is 35.3 Å². The minimum absolute atomic E-state index is 0.0919. The van der Waals surface area contributed by atoms with E-state index in [9.17, 15) is 9.18 Å². The van der Waals surface area contributed by atoms with Crippen LogP contribution in [0.3, 0.4) is 0 Å². The average Bonchev–Trinajstić information content (AvgIpc) is 3.05. The molecule has 0 radical (unpaired) electrons. The molecule has 1 atom stereocenters. The Kier molecular flexibility index (Phi) is 5.25. The minimum Gasteiger partial charge on any atom is -0.352 e. The van der Waals surface area contributed by atoms with E-state index in [4.69, 9.17) is 0 Å². The average molecular weight is 330 g/mol. The Balaban J connectivity index is 1.73. The van der Waals surface area contributed by atoms with E-state index in [1.165, 1.54) is 12.1 Å². The van der Waals surface area contributed by atoms with E-state index in [2.05, 4.69) is 15.7 Å². The molecule has 2 aromatic rings. The van der Waals surface area contributed by atoms with E-state index in [0.717, 1.165) is 37.3 Å². The first kappa shape index (κ1) is 16.6. The number of nitrogens with one attached hydrogen (secondary N) is 2. The molecule has 1 aliphatic rings. The molecule has 24 heavy (non-hydrogen) atoms. The van der Waals surface area contributed by atoms with Crippen LogP contribution in [0.15, 0.2) is 30.5 Å². The molecule has 5 nitrogen and oxygen atoms in total. The first-order chi connectivity index (χ1) is 11.7. The first-order valence-corrected chi connectivity index (χ1v) is 8.50. The van der Waals surface area contributed by atoms with Crippen molar-refractivity contribution >= 4 is 5.91 Å². The molecule has 1 aliphatic heterocycles. The quantitative estimate of drug-likeness (QED) is 0.884. The zero-order valence-corrected chi connectivity index (χ0v) is 13.9. The van der Waals surface area contributed by atoms with Crippen molar-refractivity contribution in [3.05, 3.63) is 47.5 Å². The molecule has 2 heterocycles. The summed E-state index contributed by atoms with van der Waals surface area (Å²) in [5.74, 6) is 0.105. The van der Waals surface area contributed by atoms with Crippen LogP contribution in [-0.2, 0) is 6.42 Å². The van der Waals surface area contributed by atoms with Crippen LogP contribution in [0.2, 0.25) is 0 Å². The first-order valence-electron chi connectivity index (χ1n) is 8.50. The third-order valence-electron chi connectivity index (χ3n) is 4.47.